The van der Waals surface area contributed by atoms with Crippen LogP contribution in [0.1, 0.15) is 89.7 Å². The summed E-state index contributed by atoms with van der Waals surface area (Å²) in [5.41, 5.74) is 2.86. The Morgan fingerprint density at radius 3 is 2.80 bits per heavy atom. The molecule has 1 aromatic rings. The number of aliphatic imine (C=N–C) groups is 1. The normalized spacial score (nSPS) is 24.5. The molecule has 4 rings (SSSR count). The van der Waals surface area contributed by atoms with Crippen LogP contribution >= 0.6 is 11.6 Å². The van der Waals surface area contributed by atoms with E-state index in [0.29, 0.717) is 23.5 Å². The van der Waals surface area contributed by atoms with E-state index >= 15 is 4.39 Å². The molecular weight excluding hydrogens is 581 g/mol. The Morgan fingerprint density at radius 2 is 2.00 bits per heavy atom. The Kier molecular flexibility index (Phi) is 15.4. The van der Waals surface area contributed by atoms with Gasteiger partial charge < -0.3 is 15.5 Å². The van der Waals surface area contributed by atoms with Crippen LogP contribution in [-0.4, -0.2) is 63.6 Å². The summed E-state index contributed by atoms with van der Waals surface area (Å²) in [5.74, 6) is 4.18. The van der Waals surface area contributed by atoms with Crippen LogP contribution < -0.4 is 16.0 Å². The molecular formula is C38H61ClFN5. The lowest BCUT2D eigenvalue weighted by Crippen LogP contribution is -2.52. The molecule has 1 saturated heterocycles. The third-order valence-electron chi connectivity index (χ3n) is 10.3. The first-order valence-corrected chi connectivity index (χ1v) is 18.4. The number of allylic oxidation sites excluding steroid dienone is 2. The van der Waals surface area contributed by atoms with E-state index in [0.717, 1.165) is 98.8 Å². The highest BCUT2D eigenvalue weighted by atomic mass is 35.5. The van der Waals surface area contributed by atoms with E-state index in [-0.39, 0.29) is 5.82 Å². The number of benzene rings is 1. The summed E-state index contributed by atoms with van der Waals surface area (Å²) in [6.45, 7) is 19.4. The van der Waals surface area contributed by atoms with Crippen LogP contribution in [0.15, 0.2) is 41.0 Å². The largest absolute Gasteiger partial charge is 0.390 e. The van der Waals surface area contributed by atoms with Crippen LogP contribution in [-0.2, 0) is 6.42 Å². The van der Waals surface area contributed by atoms with Crippen molar-refractivity contribution in [3.05, 3.63) is 53.0 Å². The minimum absolute atomic E-state index is 0.0737. The average Bonchev–Trinajstić information content (AvgIpc) is 3.77. The summed E-state index contributed by atoms with van der Waals surface area (Å²) < 4.78 is 15.2. The molecule has 0 amide bonds. The standard InChI is InChI=1S/C38H61ClFN5/c1-5-6-7-28(2)12-15-41-21-31-25-45(26-31)24-29(3)18-35-11-10-33(20-38(35)40)30(4)8-9-34-19-37(34)32-13-16-42-22-36(39)23-44-27-43-17-14-32/h10-11,20,22-23,28-29,31-32,34,37,41-43H,4-9,12-19,21,24-27H2,1-3H3. The summed E-state index contributed by atoms with van der Waals surface area (Å²) in [7, 11) is 0. The number of unbranched alkanes of at least 4 members (excludes halogenated alkanes) is 1. The fourth-order valence-electron chi connectivity index (χ4n) is 7.42. The Labute approximate surface area is 278 Å². The van der Waals surface area contributed by atoms with Gasteiger partial charge in [0.2, 0.25) is 0 Å². The molecule has 252 valence electrons. The SMILES string of the molecule is C=C(CCC1CC1C1CCNC=C(Cl)C=NCNCC1)c1ccc(CC(C)CN2CC(CNCCC(C)CCCC)C2)c(F)c1. The second-order valence-electron chi connectivity index (χ2n) is 14.5. The third kappa shape index (κ3) is 12.8. The first-order valence-electron chi connectivity index (χ1n) is 18.0. The monoisotopic (exact) mass is 641 g/mol. The molecule has 0 radical (unpaired) electrons. The average molecular weight is 642 g/mol. The molecule has 0 aromatic heterocycles. The molecule has 7 heteroatoms. The lowest BCUT2D eigenvalue weighted by atomic mass is 9.92. The smallest absolute Gasteiger partial charge is 0.127 e. The maximum Gasteiger partial charge on any atom is 0.127 e. The van der Waals surface area contributed by atoms with Crippen molar-refractivity contribution in [3.8, 4) is 0 Å². The second kappa shape index (κ2) is 19.2. The minimum atomic E-state index is -0.0737. The zero-order chi connectivity index (χ0) is 32.0. The quantitative estimate of drug-likeness (QED) is 0.152. The predicted molar refractivity (Wildman–Crippen MR) is 191 cm³/mol. The van der Waals surface area contributed by atoms with E-state index in [1.54, 1.807) is 12.3 Å². The first kappa shape index (κ1) is 36.1. The van der Waals surface area contributed by atoms with Crippen molar-refractivity contribution in [1.82, 2.24) is 20.9 Å². The summed E-state index contributed by atoms with van der Waals surface area (Å²) in [4.78, 5) is 6.85. The molecule has 1 aliphatic carbocycles. The molecule has 5 unspecified atom stereocenters. The molecule has 0 bridgehead atoms. The number of rotatable bonds is 17. The molecule has 3 N–H and O–H groups in total. The highest BCUT2D eigenvalue weighted by Crippen LogP contribution is 2.50. The van der Waals surface area contributed by atoms with Gasteiger partial charge in [-0.1, -0.05) is 70.3 Å². The predicted octanol–water partition coefficient (Wildman–Crippen LogP) is 7.87. The molecule has 5 atom stereocenters. The van der Waals surface area contributed by atoms with E-state index in [2.05, 4.69) is 59.3 Å². The zero-order valence-corrected chi connectivity index (χ0v) is 29.2. The van der Waals surface area contributed by atoms with Crippen molar-refractivity contribution in [1.29, 1.82) is 0 Å². The molecule has 45 heavy (non-hydrogen) atoms. The van der Waals surface area contributed by atoms with Crippen LogP contribution in [0, 0.1) is 41.3 Å². The maximum absolute atomic E-state index is 15.2. The molecule has 2 heterocycles. The van der Waals surface area contributed by atoms with Gasteiger partial charge in [-0.25, -0.2) is 4.39 Å². The van der Waals surface area contributed by atoms with Crippen LogP contribution in [0.3, 0.4) is 0 Å². The summed E-state index contributed by atoms with van der Waals surface area (Å²) in [6, 6.07) is 5.83. The maximum atomic E-state index is 15.2. The molecule has 2 fully saturated rings. The zero-order valence-electron chi connectivity index (χ0n) is 28.4. The van der Waals surface area contributed by atoms with Crippen molar-refractivity contribution >= 4 is 23.4 Å². The van der Waals surface area contributed by atoms with E-state index in [9.17, 15) is 0 Å². The minimum Gasteiger partial charge on any atom is -0.390 e. The number of hydrogen-bond acceptors (Lipinski definition) is 5. The van der Waals surface area contributed by atoms with Gasteiger partial charge in [-0.3, -0.25) is 10.3 Å². The summed E-state index contributed by atoms with van der Waals surface area (Å²) >= 11 is 6.16. The molecule has 1 saturated carbocycles. The highest BCUT2D eigenvalue weighted by Gasteiger charge is 2.41. The van der Waals surface area contributed by atoms with Gasteiger partial charge in [-0.15, -0.1) is 0 Å². The van der Waals surface area contributed by atoms with Gasteiger partial charge in [0.1, 0.15) is 5.82 Å². The Hall–Kier alpha value is -1.73. The van der Waals surface area contributed by atoms with Crippen LogP contribution in [0.4, 0.5) is 4.39 Å². The van der Waals surface area contributed by atoms with Crippen molar-refractivity contribution < 1.29 is 4.39 Å². The fraction of sp³-hybridized carbons (Fsp3) is 0.711. The fourth-order valence-corrected chi connectivity index (χ4v) is 7.56. The number of hydrogen-bond donors (Lipinski definition) is 3. The van der Waals surface area contributed by atoms with Crippen LogP contribution in [0.2, 0.25) is 0 Å². The Bertz CT molecular complexity index is 1100. The van der Waals surface area contributed by atoms with Gasteiger partial charge in [0.25, 0.3) is 0 Å². The molecule has 1 aromatic carbocycles. The van der Waals surface area contributed by atoms with E-state index in [1.807, 2.05) is 12.3 Å². The topological polar surface area (TPSA) is 51.7 Å². The number of nitrogens with zero attached hydrogens (tertiary/aromatic N) is 2. The van der Waals surface area contributed by atoms with Crippen molar-refractivity contribution in [2.45, 2.75) is 85.0 Å². The van der Waals surface area contributed by atoms with Gasteiger partial charge in [0, 0.05) is 45.1 Å². The van der Waals surface area contributed by atoms with Crippen LogP contribution in [0.5, 0.6) is 0 Å². The third-order valence-corrected chi connectivity index (χ3v) is 10.5. The van der Waals surface area contributed by atoms with E-state index < -0.39 is 0 Å². The van der Waals surface area contributed by atoms with Gasteiger partial charge in [-0.2, -0.15) is 0 Å². The Morgan fingerprint density at radius 1 is 1.18 bits per heavy atom. The van der Waals surface area contributed by atoms with E-state index in [4.69, 9.17) is 11.6 Å². The lowest BCUT2D eigenvalue weighted by Gasteiger charge is -2.41. The van der Waals surface area contributed by atoms with Crippen LogP contribution in [0.25, 0.3) is 5.57 Å². The first-order chi connectivity index (χ1) is 21.8. The molecule has 0 spiro atoms. The summed E-state index contributed by atoms with van der Waals surface area (Å²) in [6.07, 6.45) is 15.3. The van der Waals surface area contributed by atoms with Gasteiger partial charge in [0.05, 0.1) is 11.7 Å². The number of halogens is 2. The lowest BCUT2D eigenvalue weighted by molar-refractivity contribution is 0.0835. The second-order valence-corrected chi connectivity index (χ2v) is 15.0. The number of likely N-dealkylation sites (tertiary alicyclic amines) is 1. The Balaban J connectivity index is 1.11. The summed E-state index contributed by atoms with van der Waals surface area (Å²) in [5, 5.41) is 11.1. The van der Waals surface area contributed by atoms with Gasteiger partial charge >= 0.3 is 0 Å². The van der Waals surface area contributed by atoms with E-state index in [1.165, 1.54) is 51.6 Å². The highest BCUT2D eigenvalue weighted by molar-refractivity contribution is 6.39. The van der Waals surface area contributed by atoms with Crippen molar-refractivity contribution in [2.75, 3.05) is 52.5 Å². The van der Waals surface area contributed by atoms with Gasteiger partial charge in [0.15, 0.2) is 0 Å². The van der Waals surface area contributed by atoms with Crippen molar-refractivity contribution in [3.63, 3.8) is 0 Å². The number of nitrogens with one attached hydrogen (secondary N) is 3. The van der Waals surface area contributed by atoms with Crippen molar-refractivity contribution in [2.24, 2.45) is 40.5 Å². The molecule has 5 nitrogen and oxygen atoms in total. The van der Waals surface area contributed by atoms with Gasteiger partial charge in [-0.05, 0) is 116 Å². The molecule has 3 aliphatic rings. The molecule has 2 aliphatic heterocycles.